The van der Waals surface area contributed by atoms with Gasteiger partial charge in [0, 0.05) is 19.7 Å². The molecule has 15 heavy (non-hydrogen) atoms. The summed E-state index contributed by atoms with van der Waals surface area (Å²) in [7, 11) is 3.51. The molecule has 0 fully saturated rings. The van der Waals surface area contributed by atoms with Gasteiger partial charge in [-0.2, -0.15) is 0 Å². The highest BCUT2D eigenvalue weighted by atomic mass is 16.5. The van der Waals surface area contributed by atoms with Crippen LogP contribution in [0.25, 0.3) is 0 Å². The molecule has 0 unspecified atom stereocenters. The lowest BCUT2D eigenvalue weighted by Gasteiger charge is -2.06. The number of benzene rings is 1. The highest BCUT2D eigenvalue weighted by Gasteiger charge is 1.99. The van der Waals surface area contributed by atoms with Crippen molar-refractivity contribution in [2.24, 2.45) is 10.3 Å². The van der Waals surface area contributed by atoms with Crippen LogP contribution in [0.1, 0.15) is 10.4 Å². The number of carbonyl (C=O) groups excluding carboxylic acids is 1. The number of nitrogens with one attached hydrogen (secondary N) is 1. The lowest BCUT2D eigenvalue weighted by molar-refractivity contribution is 0.0970. The molecule has 1 aromatic carbocycles. The summed E-state index contributed by atoms with van der Waals surface area (Å²) in [4.78, 5) is 10.9. The van der Waals surface area contributed by atoms with Gasteiger partial charge in [-0.05, 0) is 24.3 Å². The van der Waals surface area contributed by atoms with E-state index in [1.54, 1.807) is 31.2 Å². The van der Waals surface area contributed by atoms with Crippen LogP contribution >= 0.6 is 0 Å². The molecule has 6 nitrogen and oxygen atoms in total. The van der Waals surface area contributed by atoms with E-state index in [1.807, 2.05) is 0 Å². The molecule has 0 heterocycles. The zero-order chi connectivity index (χ0) is 11.3. The summed E-state index contributed by atoms with van der Waals surface area (Å²) in [5.41, 5.74) is 2.22. The molecule has 1 rings (SSSR count). The largest absolute Gasteiger partial charge is 0.759 e. The van der Waals surface area contributed by atoms with Crippen LogP contribution in [0, 0.1) is 5.21 Å². The van der Waals surface area contributed by atoms with Crippen molar-refractivity contribution in [2.45, 2.75) is 0 Å². The molecule has 0 saturated heterocycles. The molecular weight excluding hydrogens is 196 g/mol. The third kappa shape index (κ3) is 3.35. The van der Waals surface area contributed by atoms with Gasteiger partial charge in [0.1, 0.15) is 0 Å². The minimum Gasteiger partial charge on any atom is -0.759 e. The Balaban J connectivity index is 2.77. The van der Waals surface area contributed by atoms with E-state index >= 15 is 0 Å². The van der Waals surface area contributed by atoms with Gasteiger partial charge in [-0.3, -0.25) is 9.80 Å². The van der Waals surface area contributed by atoms with Crippen molar-refractivity contribution in [3.05, 3.63) is 35.0 Å². The monoisotopic (exact) mass is 207 g/mol. The Hall–Kier alpha value is -1.95. The maximum absolute atomic E-state index is 10.9. The predicted octanol–water partition coefficient (Wildman–Crippen LogP) is 1.47. The van der Waals surface area contributed by atoms with E-state index in [2.05, 4.69) is 10.3 Å². The van der Waals surface area contributed by atoms with Crippen molar-refractivity contribution in [3.8, 4) is 0 Å². The van der Waals surface area contributed by atoms with E-state index in [0.29, 0.717) is 11.3 Å². The van der Waals surface area contributed by atoms with Crippen molar-refractivity contribution in [1.29, 1.82) is 0 Å². The van der Waals surface area contributed by atoms with Crippen LogP contribution in [0.4, 0.5) is 5.69 Å². The molecule has 1 amide bonds. The van der Waals surface area contributed by atoms with Gasteiger partial charge in [0.05, 0.1) is 5.69 Å². The summed E-state index contributed by atoms with van der Waals surface area (Å²) in [5, 5.41) is 19.3. The standard InChI is InChI=1S/C9H11N4O2/c1-13(2)12-10-8-5-3-7(4-6-8)9(14)11-15/h3-6H,1-2H3,(H-,10,11,12,14,15)/q-1. The summed E-state index contributed by atoms with van der Waals surface area (Å²) in [6, 6.07) is 6.24. The van der Waals surface area contributed by atoms with Crippen molar-refractivity contribution >= 4 is 11.6 Å². The van der Waals surface area contributed by atoms with Gasteiger partial charge in [0.15, 0.2) is 0 Å². The molecule has 0 saturated carbocycles. The molecule has 0 aliphatic rings. The maximum Gasteiger partial charge on any atom is 0.240 e. The van der Waals surface area contributed by atoms with Gasteiger partial charge in [-0.15, -0.1) is 5.11 Å². The Bertz CT molecular complexity index is 359. The average molecular weight is 207 g/mol. The fourth-order valence-corrected chi connectivity index (χ4v) is 0.879. The average Bonchev–Trinajstić information content (AvgIpc) is 2.26. The van der Waals surface area contributed by atoms with Gasteiger partial charge >= 0.3 is 0 Å². The SMILES string of the molecule is CN(C)N=Nc1ccc(C(=O)N[O-])cc1. The van der Waals surface area contributed by atoms with E-state index in [4.69, 9.17) is 0 Å². The van der Waals surface area contributed by atoms with Gasteiger partial charge in [-0.1, -0.05) is 5.22 Å². The van der Waals surface area contributed by atoms with Crippen LogP contribution in [0.5, 0.6) is 0 Å². The lowest BCUT2D eigenvalue weighted by atomic mass is 10.2. The number of rotatable bonds is 3. The molecule has 0 aliphatic carbocycles. The summed E-state index contributed by atoms with van der Waals surface area (Å²) in [6.07, 6.45) is 0. The van der Waals surface area contributed by atoms with Crippen LogP contribution in [-0.2, 0) is 0 Å². The first-order valence-electron chi connectivity index (χ1n) is 4.25. The smallest absolute Gasteiger partial charge is 0.240 e. The lowest BCUT2D eigenvalue weighted by Crippen LogP contribution is -2.15. The zero-order valence-electron chi connectivity index (χ0n) is 8.47. The van der Waals surface area contributed by atoms with Crippen molar-refractivity contribution in [2.75, 3.05) is 14.1 Å². The number of nitrogens with zero attached hydrogens (tertiary/aromatic N) is 3. The molecule has 0 aliphatic heterocycles. The van der Waals surface area contributed by atoms with Crippen LogP contribution in [0.15, 0.2) is 34.6 Å². The molecule has 80 valence electrons. The van der Waals surface area contributed by atoms with E-state index in [-0.39, 0.29) is 0 Å². The Morgan fingerprint density at radius 2 is 1.93 bits per heavy atom. The first-order chi connectivity index (χ1) is 7.13. The van der Waals surface area contributed by atoms with Gasteiger partial charge in [0.25, 0.3) is 0 Å². The van der Waals surface area contributed by atoms with Crippen LogP contribution in [0.2, 0.25) is 0 Å². The highest BCUT2D eigenvalue weighted by Crippen LogP contribution is 2.13. The summed E-state index contributed by atoms with van der Waals surface area (Å²) in [6.45, 7) is 0. The Kier molecular flexibility index (Phi) is 3.75. The van der Waals surface area contributed by atoms with E-state index in [1.165, 1.54) is 17.6 Å². The van der Waals surface area contributed by atoms with Crippen LogP contribution in [-0.4, -0.2) is 25.0 Å². The van der Waals surface area contributed by atoms with Gasteiger partial charge < -0.3 is 10.7 Å². The van der Waals surface area contributed by atoms with Crippen molar-refractivity contribution in [3.63, 3.8) is 0 Å². The van der Waals surface area contributed by atoms with Crippen molar-refractivity contribution in [1.82, 2.24) is 10.5 Å². The summed E-state index contributed by atoms with van der Waals surface area (Å²) >= 11 is 0. The zero-order valence-corrected chi connectivity index (χ0v) is 8.47. The highest BCUT2D eigenvalue weighted by molar-refractivity contribution is 5.94. The topological polar surface area (TPSA) is 80.1 Å². The fraction of sp³-hybridized carbons (Fsp3) is 0.222. The molecular formula is C9H11N4O2-. The summed E-state index contributed by atoms with van der Waals surface area (Å²) < 4.78 is 0. The van der Waals surface area contributed by atoms with E-state index < -0.39 is 5.91 Å². The molecule has 0 aromatic heterocycles. The number of hydrogen-bond acceptors (Lipinski definition) is 4. The molecule has 0 bridgehead atoms. The quantitative estimate of drug-likeness (QED) is 0.602. The Labute approximate surface area is 87.2 Å². The van der Waals surface area contributed by atoms with Crippen LogP contribution < -0.4 is 5.48 Å². The third-order valence-corrected chi connectivity index (χ3v) is 1.56. The van der Waals surface area contributed by atoms with Gasteiger partial charge in [-0.25, -0.2) is 0 Å². The molecule has 6 heteroatoms. The molecule has 1 aromatic rings. The predicted molar refractivity (Wildman–Crippen MR) is 55.5 cm³/mol. The number of hydroxylamine groups is 1. The fourth-order valence-electron chi connectivity index (χ4n) is 0.879. The number of carbonyl (C=O) groups is 1. The van der Waals surface area contributed by atoms with E-state index in [0.717, 1.165) is 0 Å². The normalized spacial score (nSPS) is 10.3. The Morgan fingerprint density at radius 1 is 1.33 bits per heavy atom. The minimum absolute atomic E-state index is 0.300. The number of hydrogen-bond donors (Lipinski definition) is 1. The molecule has 0 radical (unpaired) electrons. The second-order valence-electron chi connectivity index (χ2n) is 3.01. The summed E-state index contributed by atoms with van der Waals surface area (Å²) in [5.74, 6) is -0.661. The maximum atomic E-state index is 10.9. The first kappa shape index (κ1) is 11.1. The van der Waals surface area contributed by atoms with E-state index in [9.17, 15) is 10.0 Å². The molecule has 0 spiro atoms. The molecule has 1 N–H and O–H groups in total. The Morgan fingerprint density at radius 3 is 2.40 bits per heavy atom. The third-order valence-electron chi connectivity index (χ3n) is 1.56. The van der Waals surface area contributed by atoms with Crippen molar-refractivity contribution < 1.29 is 4.79 Å². The first-order valence-corrected chi connectivity index (χ1v) is 4.25. The second kappa shape index (κ2) is 5.06. The number of amides is 1. The minimum atomic E-state index is -0.661. The van der Waals surface area contributed by atoms with Crippen LogP contribution in [0.3, 0.4) is 0 Å². The second-order valence-corrected chi connectivity index (χ2v) is 3.01. The molecule has 0 atom stereocenters. The van der Waals surface area contributed by atoms with Gasteiger partial charge in [0.2, 0.25) is 5.91 Å².